The highest BCUT2D eigenvalue weighted by Crippen LogP contribution is 2.37. The van der Waals surface area contributed by atoms with Crippen LogP contribution in [0.25, 0.3) is 21.7 Å². The molecule has 0 bridgehead atoms. The number of para-hydroxylation sites is 1. The van der Waals surface area contributed by atoms with Gasteiger partial charge in [-0.3, -0.25) is 19.4 Å². The van der Waals surface area contributed by atoms with E-state index in [1.807, 2.05) is 81.7 Å². The first kappa shape index (κ1) is 44.6. The van der Waals surface area contributed by atoms with Crippen LogP contribution in [0.15, 0.2) is 70.7 Å². The number of thiazole rings is 1. The summed E-state index contributed by atoms with van der Waals surface area (Å²) in [7, 11) is 0. The van der Waals surface area contributed by atoms with Crippen molar-refractivity contribution in [3.8, 4) is 33.3 Å². The van der Waals surface area contributed by atoms with Crippen LogP contribution in [0.4, 0.5) is 11.5 Å². The predicted octanol–water partition coefficient (Wildman–Crippen LogP) is 5.56. The molecule has 4 aliphatic heterocycles. The van der Waals surface area contributed by atoms with Crippen molar-refractivity contribution in [3.63, 3.8) is 0 Å². The van der Waals surface area contributed by atoms with Crippen molar-refractivity contribution >= 4 is 34.7 Å². The second-order valence-electron chi connectivity index (χ2n) is 18.4. The fraction of sp³-hybridized carbons (Fsp3) is 0.500. The monoisotopic (exact) mass is 904 g/mol. The average molecular weight is 905 g/mol. The number of aliphatic hydroxyl groups excluding tert-OH is 1. The van der Waals surface area contributed by atoms with E-state index in [1.165, 1.54) is 4.90 Å². The lowest BCUT2D eigenvalue weighted by Crippen LogP contribution is -2.58. The maximum atomic E-state index is 14.2. The number of phenolic OH excluding ortho intramolecular Hbond substituents is 1. The molecule has 2 amide bonds. The van der Waals surface area contributed by atoms with Crippen molar-refractivity contribution in [3.05, 3.63) is 83.2 Å². The molecule has 4 N–H and O–H groups in total. The van der Waals surface area contributed by atoms with Crippen LogP contribution in [0.3, 0.4) is 0 Å². The zero-order chi connectivity index (χ0) is 45.2. The maximum absolute atomic E-state index is 14.2. The van der Waals surface area contributed by atoms with E-state index in [4.69, 9.17) is 9.26 Å². The molecule has 2 unspecified atom stereocenters. The first-order valence-corrected chi connectivity index (χ1v) is 23.9. The molecule has 3 aromatic heterocycles. The minimum absolute atomic E-state index is 0.0643. The van der Waals surface area contributed by atoms with E-state index in [0.717, 1.165) is 98.4 Å². The molecule has 0 saturated carbocycles. The van der Waals surface area contributed by atoms with Crippen molar-refractivity contribution in [2.45, 2.75) is 77.1 Å². The molecule has 4 aliphatic rings. The second kappa shape index (κ2) is 19.5. The number of nitrogens with one attached hydrogen (secondary N) is 2. The van der Waals surface area contributed by atoms with Gasteiger partial charge in [0.1, 0.15) is 24.3 Å². The average Bonchev–Trinajstić information content (AvgIpc) is 4.07. The van der Waals surface area contributed by atoms with Crippen LogP contribution < -0.4 is 20.3 Å². The molecule has 16 nitrogen and oxygen atoms in total. The largest absolute Gasteiger partial charge is 0.507 e. The summed E-state index contributed by atoms with van der Waals surface area (Å²) >= 11 is 1.59. The fourth-order valence-corrected chi connectivity index (χ4v) is 10.8. The Hall–Kier alpha value is -5.62. The minimum atomic E-state index is -0.817. The van der Waals surface area contributed by atoms with Crippen LogP contribution in [0.5, 0.6) is 11.6 Å². The van der Waals surface area contributed by atoms with Gasteiger partial charge in [0.05, 0.1) is 45.7 Å². The molecular formula is C48H60N10O6S. The Morgan fingerprint density at radius 3 is 2.55 bits per heavy atom. The number of carbonyl (C=O) groups is 2. The molecule has 0 spiro atoms. The number of carbonyl (C=O) groups excluding carboxylic acids is 2. The maximum Gasteiger partial charge on any atom is 0.254 e. The van der Waals surface area contributed by atoms with Crippen LogP contribution >= 0.6 is 11.3 Å². The lowest BCUT2D eigenvalue weighted by atomic mass is 9.91. The first-order chi connectivity index (χ1) is 31.5. The molecule has 2 aromatic carbocycles. The number of phenols is 1. The number of aromatic nitrogens is 4. The van der Waals surface area contributed by atoms with Gasteiger partial charge in [0.15, 0.2) is 11.6 Å². The van der Waals surface area contributed by atoms with Crippen LogP contribution in [-0.2, 0) is 9.59 Å². The van der Waals surface area contributed by atoms with Gasteiger partial charge in [0, 0.05) is 63.9 Å². The Kier molecular flexibility index (Phi) is 13.3. The molecule has 7 heterocycles. The number of fused-ring (bicyclic) bond motifs is 3. The number of amides is 2. The van der Waals surface area contributed by atoms with Crippen molar-refractivity contribution < 1.29 is 29.1 Å². The summed E-state index contributed by atoms with van der Waals surface area (Å²) in [6, 6.07) is 18.3. The van der Waals surface area contributed by atoms with Gasteiger partial charge in [-0.15, -0.1) is 21.5 Å². The Morgan fingerprint density at radius 2 is 1.80 bits per heavy atom. The van der Waals surface area contributed by atoms with Crippen LogP contribution in [-0.4, -0.2) is 141 Å². The SMILES string of the molecule is Cc1ncsc1-c1ccc(C(C)NC(=O)[C@@H]2C[C@@H](O)CN2C(=O)C(c2cc(OCCN3CCC(CN4CCN5c6cc(-c7ccccc7O)nnc6NC[C@@H]5C4)CC3)no2)C(C)C)cc1. The van der Waals surface area contributed by atoms with Crippen molar-refractivity contribution in [2.24, 2.45) is 11.8 Å². The summed E-state index contributed by atoms with van der Waals surface area (Å²) < 4.78 is 11.8. The number of aromatic hydroxyl groups is 1. The molecule has 65 heavy (non-hydrogen) atoms. The number of ether oxygens (including phenoxy) is 1. The summed E-state index contributed by atoms with van der Waals surface area (Å²) in [4.78, 5) is 42.4. The molecule has 0 aliphatic carbocycles. The standard InChI is InChI=1S/C48H60N10O6S/c1-29(2)44(48(62)58-27-36(59)21-40(58)47(61)51-30(3)33-9-11-34(12-10-33)45-31(4)50-28-65-45)42-23-43(54-64-42)63-20-19-55-15-13-32(14-16-55)25-56-17-18-57-35(26-56)24-49-46-39(57)22-38(52-53-46)37-7-5-6-8-41(37)60/h5-12,22-23,28-30,32,35-36,40,44,59-60H,13-21,24-27H2,1-4H3,(H,49,53)(H,51,61)/t30?,35-,36-,40+,44?/m1/s1. The van der Waals surface area contributed by atoms with E-state index in [1.54, 1.807) is 23.5 Å². The number of anilines is 2. The number of piperazine rings is 1. The highest BCUT2D eigenvalue weighted by Gasteiger charge is 2.44. The third kappa shape index (κ3) is 9.83. The number of nitrogens with zero attached hydrogens (tertiary/aromatic N) is 8. The Bertz CT molecular complexity index is 2440. The summed E-state index contributed by atoms with van der Waals surface area (Å²) in [5.74, 6) is 0.887. The van der Waals surface area contributed by atoms with Gasteiger partial charge in [-0.25, -0.2) is 4.98 Å². The van der Waals surface area contributed by atoms with Crippen LogP contribution in [0.2, 0.25) is 0 Å². The predicted molar refractivity (Wildman–Crippen MR) is 249 cm³/mol. The van der Waals surface area contributed by atoms with E-state index in [0.29, 0.717) is 41.5 Å². The third-order valence-electron chi connectivity index (χ3n) is 13.6. The quantitative estimate of drug-likeness (QED) is 0.109. The van der Waals surface area contributed by atoms with Gasteiger partial charge >= 0.3 is 0 Å². The van der Waals surface area contributed by atoms with Crippen molar-refractivity contribution in [1.29, 1.82) is 0 Å². The molecule has 0 radical (unpaired) electrons. The highest BCUT2D eigenvalue weighted by molar-refractivity contribution is 7.13. The number of aliphatic hydroxyl groups is 1. The molecule has 9 rings (SSSR count). The fourth-order valence-electron chi connectivity index (χ4n) is 9.98. The Morgan fingerprint density at radius 1 is 1.00 bits per heavy atom. The van der Waals surface area contributed by atoms with Gasteiger partial charge in [0.25, 0.3) is 5.88 Å². The number of piperidine rings is 1. The van der Waals surface area contributed by atoms with Gasteiger partial charge in [-0.2, -0.15) is 0 Å². The number of rotatable bonds is 14. The minimum Gasteiger partial charge on any atom is -0.507 e. The zero-order valence-electron chi connectivity index (χ0n) is 37.6. The van der Waals surface area contributed by atoms with E-state index in [9.17, 15) is 19.8 Å². The number of hydrogen-bond donors (Lipinski definition) is 4. The van der Waals surface area contributed by atoms with E-state index < -0.39 is 18.1 Å². The topological polar surface area (TPSA) is 186 Å². The number of aryl methyl sites for hydroxylation is 1. The Labute approximate surface area is 384 Å². The van der Waals surface area contributed by atoms with Crippen molar-refractivity contribution in [1.82, 2.24) is 40.4 Å². The summed E-state index contributed by atoms with van der Waals surface area (Å²) in [5.41, 5.74) is 7.23. The van der Waals surface area contributed by atoms with E-state index in [2.05, 4.69) is 45.7 Å². The highest BCUT2D eigenvalue weighted by atomic mass is 32.1. The molecule has 17 heteroatoms. The lowest BCUT2D eigenvalue weighted by Gasteiger charge is -2.47. The number of likely N-dealkylation sites (tertiary alicyclic amines) is 2. The lowest BCUT2D eigenvalue weighted by molar-refractivity contribution is -0.141. The van der Waals surface area contributed by atoms with Gasteiger partial charge in [0.2, 0.25) is 11.8 Å². The molecule has 5 atom stereocenters. The molecule has 344 valence electrons. The smallest absolute Gasteiger partial charge is 0.254 e. The molecule has 5 aromatic rings. The van der Waals surface area contributed by atoms with Gasteiger partial charge < -0.3 is 39.9 Å². The molecule has 3 fully saturated rings. The second-order valence-corrected chi connectivity index (χ2v) is 19.3. The van der Waals surface area contributed by atoms with Crippen molar-refractivity contribution in [2.75, 3.05) is 75.7 Å². The van der Waals surface area contributed by atoms with E-state index >= 15 is 0 Å². The summed E-state index contributed by atoms with van der Waals surface area (Å²) in [6.45, 7) is 15.8. The van der Waals surface area contributed by atoms with Crippen LogP contribution in [0.1, 0.15) is 69.0 Å². The zero-order valence-corrected chi connectivity index (χ0v) is 38.4. The van der Waals surface area contributed by atoms with Gasteiger partial charge in [-0.1, -0.05) is 50.2 Å². The van der Waals surface area contributed by atoms with Crippen LogP contribution in [0, 0.1) is 18.8 Å². The molecular weight excluding hydrogens is 845 g/mol. The number of benzene rings is 2. The first-order valence-electron chi connectivity index (χ1n) is 23.0. The van der Waals surface area contributed by atoms with Gasteiger partial charge in [-0.05, 0) is 86.1 Å². The number of hydrogen-bond acceptors (Lipinski definition) is 15. The number of β-amino-alcohol motifs (C(OH)–C–C–N with tert-alkyl or cyclic N) is 1. The Balaban J connectivity index is 0.725. The van der Waals surface area contributed by atoms with E-state index in [-0.39, 0.29) is 42.5 Å². The normalized spacial score (nSPS) is 21.4. The summed E-state index contributed by atoms with van der Waals surface area (Å²) in [6.07, 6.45) is 1.60. The third-order valence-corrected chi connectivity index (χ3v) is 14.6. The molecule has 3 saturated heterocycles. The summed E-state index contributed by atoms with van der Waals surface area (Å²) in [5, 5.41) is 40.7.